The van der Waals surface area contributed by atoms with Crippen molar-refractivity contribution in [2.45, 2.75) is 27.2 Å². The average Bonchev–Trinajstić information content (AvgIpc) is 2.33. The molecule has 2 rings (SSSR count). The van der Waals surface area contributed by atoms with Crippen LogP contribution in [0.25, 0.3) is 0 Å². The summed E-state index contributed by atoms with van der Waals surface area (Å²) in [5.74, 6) is 3.57. The van der Waals surface area contributed by atoms with Gasteiger partial charge in [0.25, 0.3) is 0 Å². The normalized spacial score (nSPS) is 24.8. The van der Waals surface area contributed by atoms with E-state index in [0.29, 0.717) is 0 Å². The minimum absolute atomic E-state index is 0.733. The largest absolute Gasteiger partial charge is 0.373 e. The summed E-state index contributed by atoms with van der Waals surface area (Å²) in [6.45, 7) is 8.96. The molecule has 2 unspecified atom stereocenters. The lowest BCUT2D eigenvalue weighted by molar-refractivity contribution is 0.322. The number of nitrogens with zero attached hydrogens (tertiary/aromatic N) is 3. The Morgan fingerprint density at radius 1 is 1.29 bits per heavy atom. The summed E-state index contributed by atoms with van der Waals surface area (Å²) in [5.41, 5.74) is 1.15. The van der Waals surface area contributed by atoms with Gasteiger partial charge in [0.05, 0.1) is 0 Å². The number of rotatable bonds is 2. The van der Waals surface area contributed by atoms with E-state index >= 15 is 0 Å². The summed E-state index contributed by atoms with van der Waals surface area (Å²) in [7, 11) is 1.90. The van der Waals surface area contributed by atoms with Crippen molar-refractivity contribution in [1.82, 2.24) is 9.97 Å². The maximum absolute atomic E-state index is 4.44. The molecule has 0 radical (unpaired) electrons. The zero-order valence-electron chi connectivity index (χ0n) is 11.2. The molecule has 94 valence electrons. The van der Waals surface area contributed by atoms with Crippen molar-refractivity contribution >= 4 is 11.6 Å². The van der Waals surface area contributed by atoms with E-state index in [9.17, 15) is 0 Å². The molecule has 0 aromatic carbocycles. The third-order valence-corrected chi connectivity index (χ3v) is 3.93. The van der Waals surface area contributed by atoms with E-state index < -0.39 is 0 Å². The molecule has 2 atom stereocenters. The zero-order valence-corrected chi connectivity index (χ0v) is 11.2. The highest BCUT2D eigenvalue weighted by molar-refractivity contribution is 5.57. The minimum atomic E-state index is 0.733. The molecule has 1 saturated heterocycles. The molecule has 0 saturated carbocycles. The van der Waals surface area contributed by atoms with E-state index in [0.717, 1.165) is 42.1 Å². The lowest BCUT2D eigenvalue weighted by Crippen LogP contribution is -2.39. The van der Waals surface area contributed by atoms with E-state index in [2.05, 4.69) is 41.0 Å². The van der Waals surface area contributed by atoms with Gasteiger partial charge < -0.3 is 10.2 Å². The van der Waals surface area contributed by atoms with Gasteiger partial charge in [0.2, 0.25) is 0 Å². The van der Waals surface area contributed by atoms with Crippen LogP contribution in [0, 0.1) is 18.8 Å². The zero-order chi connectivity index (χ0) is 12.4. The Balaban J connectivity index is 2.23. The predicted octanol–water partition coefficient (Wildman–Crippen LogP) is 2.31. The highest BCUT2D eigenvalue weighted by atomic mass is 15.2. The fraction of sp³-hybridized carbons (Fsp3) is 0.692. The topological polar surface area (TPSA) is 41.1 Å². The fourth-order valence-electron chi connectivity index (χ4n) is 2.47. The summed E-state index contributed by atoms with van der Waals surface area (Å²) in [5, 5.41) is 3.12. The summed E-state index contributed by atoms with van der Waals surface area (Å²) in [4.78, 5) is 11.1. The van der Waals surface area contributed by atoms with Gasteiger partial charge in [0, 0.05) is 25.7 Å². The van der Waals surface area contributed by atoms with E-state index in [1.54, 1.807) is 6.33 Å². The molecule has 17 heavy (non-hydrogen) atoms. The Kier molecular flexibility index (Phi) is 3.50. The maximum Gasteiger partial charge on any atom is 0.137 e. The first-order chi connectivity index (χ1) is 8.13. The van der Waals surface area contributed by atoms with Gasteiger partial charge in [-0.05, 0) is 25.2 Å². The molecule has 0 bridgehead atoms. The molecule has 0 aliphatic carbocycles. The lowest BCUT2D eigenvalue weighted by atomic mass is 9.88. The number of anilines is 2. The van der Waals surface area contributed by atoms with Gasteiger partial charge in [-0.3, -0.25) is 0 Å². The highest BCUT2D eigenvalue weighted by Crippen LogP contribution is 2.29. The van der Waals surface area contributed by atoms with Crippen LogP contribution in [0.15, 0.2) is 6.33 Å². The first-order valence-electron chi connectivity index (χ1n) is 6.37. The molecule has 0 amide bonds. The van der Waals surface area contributed by atoms with Crippen molar-refractivity contribution in [2.24, 2.45) is 11.8 Å². The molecule has 1 aliphatic rings. The Morgan fingerprint density at radius 3 is 2.71 bits per heavy atom. The van der Waals surface area contributed by atoms with Crippen LogP contribution in [0.2, 0.25) is 0 Å². The van der Waals surface area contributed by atoms with Crippen molar-refractivity contribution in [3.8, 4) is 0 Å². The predicted molar refractivity (Wildman–Crippen MR) is 71.5 cm³/mol. The van der Waals surface area contributed by atoms with Gasteiger partial charge in [-0.2, -0.15) is 0 Å². The van der Waals surface area contributed by atoms with Gasteiger partial charge in [0.15, 0.2) is 0 Å². The van der Waals surface area contributed by atoms with Gasteiger partial charge >= 0.3 is 0 Å². The third-order valence-electron chi connectivity index (χ3n) is 3.93. The molecule has 1 aromatic rings. The Morgan fingerprint density at radius 2 is 2.06 bits per heavy atom. The summed E-state index contributed by atoms with van der Waals surface area (Å²) in [6.07, 6.45) is 2.90. The van der Waals surface area contributed by atoms with Crippen LogP contribution in [-0.2, 0) is 0 Å². The van der Waals surface area contributed by atoms with Gasteiger partial charge in [-0.15, -0.1) is 0 Å². The monoisotopic (exact) mass is 234 g/mol. The number of aromatic nitrogens is 2. The summed E-state index contributed by atoms with van der Waals surface area (Å²) >= 11 is 0. The number of piperidine rings is 1. The van der Waals surface area contributed by atoms with Crippen LogP contribution in [-0.4, -0.2) is 30.1 Å². The molecular formula is C13H22N4. The SMILES string of the molecule is CNc1ncnc(N2CCC(C)C(C)C2)c1C. The van der Waals surface area contributed by atoms with E-state index in [-0.39, 0.29) is 0 Å². The Hall–Kier alpha value is -1.32. The molecule has 4 nitrogen and oxygen atoms in total. The second kappa shape index (κ2) is 4.90. The standard InChI is InChI=1S/C13H22N4/c1-9-5-6-17(7-10(9)2)13-11(3)12(14-4)15-8-16-13/h8-10H,5-7H2,1-4H3,(H,14,15,16). The van der Waals surface area contributed by atoms with Crippen LogP contribution in [0.5, 0.6) is 0 Å². The van der Waals surface area contributed by atoms with E-state index in [4.69, 9.17) is 0 Å². The van der Waals surface area contributed by atoms with Crippen LogP contribution in [0.3, 0.4) is 0 Å². The smallest absolute Gasteiger partial charge is 0.137 e. The molecule has 1 N–H and O–H groups in total. The fourth-order valence-corrected chi connectivity index (χ4v) is 2.47. The van der Waals surface area contributed by atoms with Crippen molar-refractivity contribution in [3.63, 3.8) is 0 Å². The third kappa shape index (κ3) is 2.35. The van der Waals surface area contributed by atoms with E-state index in [1.807, 2.05) is 7.05 Å². The van der Waals surface area contributed by atoms with Crippen molar-refractivity contribution in [1.29, 1.82) is 0 Å². The van der Waals surface area contributed by atoms with Crippen LogP contribution < -0.4 is 10.2 Å². The second-order valence-corrected chi connectivity index (χ2v) is 5.11. The first-order valence-corrected chi connectivity index (χ1v) is 6.37. The average molecular weight is 234 g/mol. The highest BCUT2D eigenvalue weighted by Gasteiger charge is 2.24. The van der Waals surface area contributed by atoms with Crippen molar-refractivity contribution < 1.29 is 0 Å². The first kappa shape index (κ1) is 12.1. The quantitative estimate of drug-likeness (QED) is 0.852. The number of nitrogens with one attached hydrogen (secondary N) is 1. The van der Waals surface area contributed by atoms with Crippen LogP contribution in [0.1, 0.15) is 25.8 Å². The van der Waals surface area contributed by atoms with E-state index in [1.165, 1.54) is 6.42 Å². The molecule has 1 fully saturated rings. The molecule has 2 heterocycles. The molecule has 1 aromatic heterocycles. The molecule has 0 spiro atoms. The van der Waals surface area contributed by atoms with Gasteiger partial charge in [-0.1, -0.05) is 13.8 Å². The lowest BCUT2D eigenvalue weighted by Gasteiger charge is -2.36. The van der Waals surface area contributed by atoms with Crippen LogP contribution >= 0.6 is 0 Å². The van der Waals surface area contributed by atoms with Crippen molar-refractivity contribution in [2.75, 3.05) is 30.4 Å². The second-order valence-electron chi connectivity index (χ2n) is 5.11. The van der Waals surface area contributed by atoms with Gasteiger partial charge in [-0.25, -0.2) is 9.97 Å². The minimum Gasteiger partial charge on any atom is -0.373 e. The molecular weight excluding hydrogens is 212 g/mol. The van der Waals surface area contributed by atoms with Crippen LogP contribution in [0.4, 0.5) is 11.6 Å². The Labute approximate surface area is 103 Å². The number of hydrogen-bond acceptors (Lipinski definition) is 4. The van der Waals surface area contributed by atoms with Crippen molar-refractivity contribution in [3.05, 3.63) is 11.9 Å². The molecule has 1 aliphatic heterocycles. The Bertz CT molecular complexity index is 391. The van der Waals surface area contributed by atoms with Gasteiger partial charge in [0.1, 0.15) is 18.0 Å². The maximum atomic E-state index is 4.44. The number of hydrogen-bond donors (Lipinski definition) is 1. The summed E-state index contributed by atoms with van der Waals surface area (Å²) in [6, 6.07) is 0. The molecule has 4 heteroatoms. The summed E-state index contributed by atoms with van der Waals surface area (Å²) < 4.78 is 0.